The molecule has 6 heteroatoms. The third kappa shape index (κ3) is 3.90. The molecule has 108 valence electrons. The molecule has 0 saturated carbocycles. The van der Waals surface area contributed by atoms with Gasteiger partial charge in [0.2, 0.25) is 5.91 Å². The van der Waals surface area contributed by atoms with Crippen molar-refractivity contribution in [3.05, 3.63) is 41.7 Å². The standard InChI is InChI=1S/C14H16FNO3S/c1-14(7-8-20(18,19)10-14)16-13(17)6-5-11-3-2-4-12(15)9-11/h2-6,9H,7-8,10H2,1H3,(H,16,17)/b6-5+. The van der Waals surface area contributed by atoms with E-state index in [2.05, 4.69) is 5.32 Å². The van der Waals surface area contributed by atoms with Gasteiger partial charge in [-0.1, -0.05) is 12.1 Å². The average Bonchev–Trinajstić information content (AvgIpc) is 2.61. The van der Waals surface area contributed by atoms with Gasteiger partial charge in [0.1, 0.15) is 5.82 Å². The third-order valence-corrected chi connectivity index (χ3v) is 5.11. The van der Waals surface area contributed by atoms with Crippen molar-refractivity contribution in [3.8, 4) is 0 Å². The maximum absolute atomic E-state index is 13.0. The topological polar surface area (TPSA) is 63.2 Å². The molecule has 1 saturated heterocycles. The van der Waals surface area contributed by atoms with Gasteiger partial charge in [-0.25, -0.2) is 12.8 Å². The van der Waals surface area contributed by atoms with E-state index >= 15 is 0 Å². The summed E-state index contributed by atoms with van der Waals surface area (Å²) in [6.07, 6.45) is 3.19. The highest BCUT2D eigenvalue weighted by Crippen LogP contribution is 2.22. The minimum absolute atomic E-state index is 0.0421. The Labute approximate surface area is 117 Å². The molecule has 1 fully saturated rings. The van der Waals surface area contributed by atoms with E-state index in [0.29, 0.717) is 12.0 Å². The molecule has 1 amide bonds. The largest absolute Gasteiger partial charge is 0.346 e. The zero-order valence-electron chi connectivity index (χ0n) is 11.1. The number of halogens is 1. The molecule has 1 aromatic carbocycles. The van der Waals surface area contributed by atoms with Crippen molar-refractivity contribution in [2.75, 3.05) is 11.5 Å². The molecule has 4 nitrogen and oxygen atoms in total. The van der Waals surface area contributed by atoms with Crippen LogP contribution in [0.3, 0.4) is 0 Å². The quantitative estimate of drug-likeness (QED) is 0.861. The van der Waals surface area contributed by atoms with Crippen molar-refractivity contribution < 1.29 is 17.6 Å². The second kappa shape index (κ2) is 5.36. The highest BCUT2D eigenvalue weighted by Gasteiger charge is 2.38. The van der Waals surface area contributed by atoms with Crippen LogP contribution in [0.1, 0.15) is 18.9 Å². The van der Waals surface area contributed by atoms with Crippen molar-refractivity contribution in [1.82, 2.24) is 5.32 Å². The van der Waals surface area contributed by atoms with Gasteiger partial charge < -0.3 is 5.32 Å². The Hall–Kier alpha value is -1.69. The minimum Gasteiger partial charge on any atom is -0.346 e. The van der Waals surface area contributed by atoms with Gasteiger partial charge in [0.05, 0.1) is 17.0 Å². The van der Waals surface area contributed by atoms with E-state index in [1.807, 2.05) is 0 Å². The summed E-state index contributed by atoms with van der Waals surface area (Å²) in [5, 5.41) is 2.70. The van der Waals surface area contributed by atoms with Gasteiger partial charge in [-0.05, 0) is 37.1 Å². The molecule has 1 aromatic rings. The van der Waals surface area contributed by atoms with Gasteiger partial charge in [0, 0.05) is 6.08 Å². The lowest BCUT2D eigenvalue weighted by molar-refractivity contribution is -0.117. The second-order valence-electron chi connectivity index (χ2n) is 5.28. The molecule has 0 bridgehead atoms. The molecule has 0 aromatic heterocycles. The zero-order valence-corrected chi connectivity index (χ0v) is 11.9. The van der Waals surface area contributed by atoms with E-state index in [0.717, 1.165) is 0 Å². The summed E-state index contributed by atoms with van der Waals surface area (Å²) in [6, 6.07) is 5.86. The van der Waals surface area contributed by atoms with Gasteiger partial charge in [-0.2, -0.15) is 0 Å². The Balaban J connectivity index is 2.00. The number of carbonyl (C=O) groups excluding carboxylic acids is 1. The Morgan fingerprint density at radius 2 is 2.20 bits per heavy atom. The lowest BCUT2D eigenvalue weighted by Crippen LogP contribution is -2.46. The predicted molar refractivity (Wildman–Crippen MR) is 75.3 cm³/mol. The van der Waals surface area contributed by atoms with Crippen LogP contribution in [0.5, 0.6) is 0 Å². The highest BCUT2D eigenvalue weighted by atomic mass is 32.2. The Kier molecular flexibility index (Phi) is 3.94. The van der Waals surface area contributed by atoms with Crippen LogP contribution < -0.4 is 5.32 Å². The van der Waals surface area contributed by atoms with E-state index in [9.17, 15) is 17.6 Å². The zero-order chi connectivity index (χ0) is 14.8. The smallest absolute Gasteiger partial charge is 0.244 e. The van der Waals surface area contributed by atoms with Crippen molar-refractivity contribution in [2.45, 2.75) is 18.9 Å². The second-order valence-corrected chi connectivity index (χ2v) is 7.46. The van der Waals surface area contributed by atoms with Gasteiger partial charge in [-0.3, -0.25) is 4.79 Å². The number of amides is 1. The van der Waals surface area contributed by atoms with Crippen LogP contribution in [0.25, 0.3) is 6.08 Å². The molecule has 1 atom stereocenters. The average molecular weight is 297 g/mol. The maximum atomic E-state index is 13.0. The summed E-state index contributed by atoms with van der Waals surface area (Å²) in [4.78, 5) is 11.8. The maximum Gasteiger partial charge on any atom is 0.244 e. The van der Waals surface area contributed by atoms with Crippen molar-refractivity contribution >= 4 is 21.8 Å². The van der Waals surface area contributed by atoms with Crippen LogP contribution in [-0.4, -0.2) is 31.4 Å². The lowest BCUT2D eigenvalue weighted by Gasteiger charge is -2.22. The molecule has 1 aliphatic heterocycles. The summed E-state index contributed by atoms with van der Waals surface area (Å²) >= 11 is 0. The Morgan fingerprint density at radius 3 is 2.80 bits per heavy atom. The molecule has 0 aliphatic carbocycles. The number of hydrogen-bond donors (Lipinski definition) is 1. The first-order chi connectivity index (χ1) is 9.28. The van der Waals surface area contributed by atoms with E-state index < -0.39 is 15.4 Å². The molecule has 1 N–H and O–H groups in total. The molecule has 0 radical (unpaired) electrons. The fraction of sp³-hybridized carbons (Fsp3) is 0.357. The predicted octanol–water partition coefficient (Wildman–Crippen LogP) is 1.53. The van der Waals surface area contributed by atoms with Crippen LogP contribution >= 0.6 is 0 Å². The van der Waals surface area contributed by atoms with Crippen LogP contribution in [0.15, 0.2) is 30.3 Å². The van der Waals surface area contributed by atoms with Gasteiger partial charge >= 0.3 is 0 Å². The fourth-order valence-electron chi connectivity index (χ4n) is 2.23. The fourth-order valence-corrected chi connectivity index (χ4v) is 4.32. The SMILES string of the molecule is CC1(NC(=O)/C=C/c2cccc(F)c2)CCS(=O)(=O)C1. The highest BCUT2D eigenvalue weighted by molar-refractivity contribution is 7.91. The molecule has 2 rings (SSSR count). The first kappa shape index (κ1) is 14.7. The normalized spacial score (nSPS) is 24.9. The van der Waals surface area contributed by atoms with E-state index in [1.165, 1.54) is 24.3 Å². The number of benzene rings is 1. The summed E-state index contributed by atoms with van der Waals surface area (Å²) in [7, 11) is -3.06. The third-order valence-electron chi connectivity index (χ3n) is 3.20. The Bertz CT molecular complexity index is 654. The van der Waals surface area contributed by atoms with Crippen molar-refractivity contribution in [3.63, 3.8) is 0 Å². The molecule has 1 aliphatic rings. The monoisotopic (exact) mass is 297 g/mol. The van der Waals surface area contributed by atoms with E-state index in [-0.39, 0.29) is 23.2 Å². The van der Waals surface area contributed by atoms with Gasteiger partial charge in [0.15, 0.2) is 9.84 Å². The van der Waals surface area contributed by atoms with Crippen LogP contribution in [0.4, 0.5) is 4.39 Å². The number of nitrogens with one attached hydrogen (secondary N) is 1. The van der Waals surface area contributed by atoms with Gasteiger partial charge in [-0.15, -0.1) is 0 Å². The van der Waals surface area contributed by atoms with Crippen LogP contribution in [0, 0.1) is 5.82 Å². The molecule has 0 spiro atoms. The number of rotatable bonds is 3. The van der Waals surface area contributed by atoms with Crippen LogP contribution in [-0.2, 0) is 14.6 Å². The summed E-state index contributed by atoms with van der Waals surface area (Å²) in [5.74, 6) is -0.702. The Morgan fingerprint density at radius 1 is 1.45 bits per heavy atom. The summed E-state index contributed by atoms with van der Waals surface area (Å²) in [5.41, 5.74) is -0.147. The number of sulfone groups is 1. The number of hydrogen-bond acceptors (Lipinski definition) is 3. The minimum atomic E-state index is -3.06. The summed E-state index contributed by atoms with van der Waals surface area (Å²) < 4.78 is 35.8. The van der Waals surface area contributed by atoms with Crippen molar-refractivity contribution in [2.24, 2.45) is 0 Å². The van der Waals surface area contributed by atoms with E-state index in [4.69, 9.17) is 0 Å². The van der Waals surface area contributed by atoms with Crippen molar-refractivity contribution in [1.29, 1.82) is 0 Å². The first-order valence-corrected chi connectivity index (χ1v) is 8.06. The van der Waals surface area contributed by atoms with E-state index in [1.54, 1.807) is 19.1 Å². The first-order valence-electron chi connectivity index (χ1n) is 6.24. The molecular weight excluding hydrogens is 281 g/mol. The summed E-state index contributed by atoms with van der Waals surface area (Å²) in [6.45, 7) is 1.71. The molecule has 1 heterocycles. The molecule has 1 unspecified atom stereocenters. The van der Waals surface area contributed by atoms with Crippen LogP contribution in [0.2, 0.25) is 0 Å². The molecular formula is C14H16FNO3S. The lowest BCUT2D eigenvalue weighted by atomic mass is 10.0. The number of carbonyl (C=O) groups is 1. The molecule has 20 heavy (non-hydrogen) atoms. The van der Waals surface area contributed by atoms with Gasteiger partial charge in [0.25, 0.3) is 0 Å².